The zero-order chi connectivity index (χ0) is 18.5. The monoisotopic (exact) mass is 374 g/mol. The molecule has 6 heteroatoms. The van der Waals surface area contributed by atoms with Gasteiger partial charge in [0.2, 0.25) is 0 Å². The van der Waals surface area contributed by atoms with Crippen molar-refractivity contribution in [1.82, 2.24) is 5.32 Å². The number of hydrogen-bond donors (Lipinski definition) is 2. The van der Waals surface area contributed by atoms with Gasteiger partial charge in [-0.3, -0.25) is 4.79 Å². The Morgan fingerprint density at radius 3 is 2.38 bits per heavy atom. The van der Waals surface area contributed by atoms with E-state index in [0.717, 1.165) is 25.7 Å². The molecule has 0 aliphatic heterocycles. The highest BCUT2D eigenvalue weighted by molar-refractivity contribution is 7.81. The fourth-order valence-electron chi connectivity index (χ4n) is 3.09. The summed E-state index contributed by atoms with van der Waals surface area (Å²) in [6.07, 6.45) is 5.39. The molecule has 0 bridgehead atoms. The summed E-state index contributed by atoms with van der Waals surface area (Å²) in [6.45, 7) is 0. The van der Waals surface area contributed by atoms with E-state index in [1.165, 1.54) is 48.9 Å². The predicted octanol–water partition coefficient (Wildman–Crippen LogP) is 4.81. The van der Waals surface area contributed by atoms with Crippen molar-refractivity contribution < 1.29 is 13.6 Å². The summed E-state index contributed by atoms with van der Waals surface area (Å²) in [7, 11) is 0. The zero-order valence-corrected chi connectivity index (χ0v) is 15.0. The molecule has 3 rings (SSSR count). The summed E-state index contributed by atoms with van der Waals surface area (Å²) < 4.78 is 27.2. The van der Waals surface area contributed by atoms with Crippen LogP contribution in [0.1, 0.15) is 48.0 Å². The normalized spacial score (nSPS) is 14.7. The van der Waals surface area contributed by atoms with Crippen LogP contribution in [0, 0.1) is 11.6 Å². The molecule has 26 heavy (non-hydrogen) atoms. The van der Waals surface area contributed by atoms with E-state index in [1.807, 2.05) is 0 Å². The second-order valence-electron chi connectivity index (χ2n) is 6.46. The van der Waals surface area contributed by atoms with Crippen molar-refractivity contribution in [3.05, 3.63) is 65.2 Å². The van der Waals surface area contributed by atoms with Crippen LogP contribution in [-0.4, -0.2) is 16.9 Å². The van der Waals surface area contributed by atoms with Gasteiger partial charge in [0.05, 0.1) is 0 Å². The average molecular weight is 374 g/mol. The minimum Gasteiger partial charge on any atom is -0.349 e. The lowest BCUT2D eigenvalue weighted by Crippen LogP contribution is -2.36. The molecule has 0 atom stereocenters. The Labute approximate surface area is 156 Å². The standard InChI is InChI=1S/C20H20F2N2OS/c21-14-7-9-16(10-8-14)24-20(26)17-12-13(6-11-18(17)22)19(25)23-15-4-2-1-3-5-15/h6-12,15H,1-5H2,(H,23,25)(H,24,26). The molecule has 1 aliphatic rings. The molecule has 0 radical (unpaired) electrons. The van der Waals surface area contributed by atoms with Gasteiger partial charge in [0, 0.05) is 22.9 Å². The van der Waals surface area contributed by atoms with Crippen molar-refractivity contribution in [1.29, 1.82) is 0 Å². The quantitative estimate of drug-likeness (QED) is 0.754. The van der Waals surface area contributed by atoms with Gasteiger partial charge in [0.25, 0.3) is 5.91 Å². The molecule has 0 spiro atoms. The summed E-state index contributed by atoms with van der Waals surface area (Å²) >= 11 is 5.25. The lowest BCUT2D eigenvalue weighted by atomic mass is 9.95. The van der Waals surface area contributed by atoms with Gasteiger partial charge in [0.15, 0.2) is 0 Å². The molecule has 0 unspecified atom stereocenters. The highest BCUT2D eigenvalue weighted by Crippen LogP contribution is 2.19. The fraction of sp³-hybridized carbons (Fsp3) is 0.300. The smallest absolute Gasteiger partial charge is 0.251 e. The molecule has 1 saturated carbocycles. The van der Waals surface area contributed by atoms with Gasteiger partial charge in [-0.05, 0) is 55.3 Å². The Balaban J connectivity index is 1.72. The second kappa shape index (κ2) is 8.36. The molecule has 3 nitrogen and oxygen atoms in total. The maximum atomic E-state index is 14.2. The topological polar surface area (TPSA) is 41.1 Å². The largest absolute Gasteiger partial charge is 0.349 e. The number of benzene rings is 2. The van der Waals surface area contributed by atoms with Crippen molar-refractivity contribution in [2.75, 3.05) is 5.32 Å². The Morgan fingerprint density at radius 2 is 1.69 bits per heavy atom. The molecule has 0 heterocycles. The first-order valence-corrected chi connectivity index (χ1v) is 9.11. The molecular formula is C20H20F2N2OS. The van der Waals surface area contributed by atoms with E-state index in [9.17, 15) is 13.6 Å². The van der Waals surface area contributed by atoms with Crippen LogP contribution in [-0.2, 0) is 0 Å². The third-order valence-electron chi connectivity index (χ3n) is 4.52. The summed E-state index contributed by atoms with van der Waals surface area (Å²) in [4.78, 5) is 12.6. The summed E-state index contributed by atoms with van der Waals surface area (Å²) in [5.74, 6) is -1.10. The summed E-state index contributed by atoms with van der Waals surface area (Å²) in [6, 6.07) is 9.92. The minimum atomic E-state index is -0.515. The number of anilines is 1. The van der Waals surface area contributed by atoms with Gasteiger partial charge in [-0.15, -0.1) is 0 Å². The van der Waals surface area contributed by atoms with E-state index in [-0.39, 0.29) is 28.3 Å². The highest BCUT2D eigenvalue weighted by Gasteiger charge is 2.18. The van der Waals surface area contributed by atoms with Crippen LogP contribution < -0.4 is 10.6 Å². The van der Waals surface area contributed by atoms with E-state index < -0.39 is 5.82 Å². The third-order valence-corrected chi connectivity index (χ3v) is 4.84. The molecule has 1 fully saturated rings. The van der Waals surface area contributed by atoms with Crippen LogP contribution >= 0.6 is 12.2 Å². The molecule has 0 aromatic heterocycles. The van der Waals surface area contributed by atoms with E-state index in [2.05, 4.69) is 10.6 Å². The van der Waals surface area contributed by atoms with Crippen LogP contribution in [0.4, 0.5) is 14.5 Å². The molecule has 1 amide bonds. The number of amides is 1. The van der Waals surface area contributed by atoms with Gasteiger partial charge in [0.1, 0.15) is 16.6 Å². The fourth-order valence-corrected chi connectivity index (χ4v) is 3.36. The number of halogens is 2. The summed E-state index contributed by atoms with van der Waals surface area (Å²) in [5, 5.41) is 5.88. The number of thiocarbonyl (C=S) groups is 1. The van der Waals surface area contributed by atoms with E-state index in [1.54, 1.807) is 0 Å². The SMILES string of the molecule is O=C(NC1CCCCC1)c1ccc(F)c(C(=S)Nc2ccc(F)cc2)c1. The van der Waals surface area contributed by atoms with Crippen molar-refractivity contribution >= 4 is 28.8 Å². The van der Waals surface area contributed by atoms with Crippen molar-refractivity contribution in [2.24, 2.45) is 0 Å². The molecule has 136 valence electrons. The minimum absolute atomic E-state index is 0.139. The maximum Gasteiger partial charge on any atom is 0.251 e. The highest BCUT2D eigenvalue weighted by atomic mass is 32.1. The van der Waals surface area contributed by atoms with Gasteiger partial charge in [-0.2, -0.15) is 0 Å². The predicted molar refractivity (Wildman–Crippen MR) is 102 cm³/mol. The first kappa shape index (κ1) is 18.5. The van der Waals surface area contributed by atoms with E-state index in [0.29, 0.717) is 11.3 Å². The molecule has 2 aromatic carbocycles. The average Bonchev–Trinajstić information content (AvgIpc) is 2.64. The molecule has 0 saturated heterocycles. The molecule has 1 aliphatic carbocycles. The lowest BCUT2D eigenvalue weighted by Gasteiger charge is -2.22. The van der Waals surface area contributed by atoms with Crippen molar-refractivity contribution in [3.8, 4) is 0 Å². The number of hydrogen-bond acceptors (Lipinski definition) is 2. The molecule has 2 N–H and O–H groups in total. The van der Waals surface area contributed by atoms with Crippen LogP contribution in [0.2, 0.25) is 0 Å². The van der Waals surface area contributed by atoms with Gasteiger partial charge < -0.3 is 10.6 Å². The summed E-state index contributed by atoms with van der Waals surface area (Å²) in [5.41, 5.74) is 1.06. The Bertz CT molecular complexity index is 802. The van der Waals surface area contributed by atoms with Gasteiger partial charge in [-0.1, -0.05) is 31.5 Å². The van der Waals surface area contributed by atoms with Crippen molar-refractivity contribution in [3.63, 3.8) is 0 Å². The third kappa shape index (κ3) is 4.64. The van der Waals surface area contributed by atoms with E-state index >= 15 is 0 Å². The van der Waals surface area contributed by atoms with Gasteiger partial charge >= 0.3 is 0 Å². The first-order valence-electron chi connectivity index (χ1n) is 8.70. The Kier molecular flexibility index (Phi) is 5.93. The number of rotatable bonds is 4. The maximum absolute atomic E-state index is 14.2. The van der Waals surface area contributed by atoms with Crippen molar-refractivity contribution in [2.45, 2.75) is 38.1 Å². The van der Waals surface area contributed by atoms with E-state index in [4.69, 9.17) is 12.2 Å². The molecular weight excluding hydrogens is 354 g/mol. The van der Waals surface area contributed by atoms with Crippen LogP contribution in [0.3, 0.4) is 0 Å². The van der Waals surface area contributed by atoms with Gasteiger partial charge in [-0.25, -0.2) is 8.78 Å². The Hall–Kier alpha value is -2.34. The van der Waals surface area contributed by atoms with Crippen LogP contribution in [0.25, 0.3) is 0 Å². The second-order valence-corrected chi connectivity index (χ2v) is 6.87. The van der Waals surface area contributed by atoms with Crippen LogP contribution in [0.5, 0.6) is 0 Å². The Morgan fingerprint density at radius 1 is 1.00 bits per heavy atom. The molecule has 2 aromatic rings. The zero-order valence-electron chi connectivity index (χ0n) is 14.2. The number of carbonyl (C=O) groups is 1. The van der Waals surface area contributed by atoms with Crippen LogP contribution in [0.15, 0.2) is 42.5 Å². The first-order chi connectivity index (χ1) is 12.5. The number of carbonyl (C=O) groups excluding carboxylic acids is 1. The lowest BCUT2D eigenvalue weighted by molar-refractivity contribution is 0.0927. The number of nitrogens with one attached hydrogen (secondary N) is 2.